The second-order valence-corrected chi connectivity index (χ2v) is 9.35. The lowest BCUT2D eigenvalue weighted by atomic mass is 10.2. The minimum atomic E-state index is -0.625. The van der Waals surface area contributed by atoms with Crippen LogP contribution in [0, 0.1) is 11.7 Å². The standard InChI is InChI=1S/C25H33FN4O3/c1-17(2)15-32-24-28-23(18-7-6-8-19(26)13-18)30(29-24)21-11-9-20(10-12-21)27-14-22(31)16-33-25(3,4)5/h6-13,17,22,27,31H,14-16H2,1-5H3. The molecule has 33 heavy (non-hydrogen) atoms. The van der Waals surface area contributed by atoms with Crippen LogP contribution >= 0.6 is 0 Å². The van der Waals surface area contributed by atoms with Crippen LogP contribution in [0.4, 0.5) is 10.1 Å². The molecule has 0 saturated carbocycles. The van der Waals surface area contributed by atoms with Gasteiger partial charge >= 0.3 is 6.01 Å². The number of anilines is 1. The number of aliphatic hydroxyl groups is 1. The van der Waals surface area contributed by atoms with Gasteiger partial charge in [-0.15, -0.1) is 5.10 Å². The van der Waals surface area contributed by atoms with Crippen molar-refractivity contribution in [2.24, 2.45) is 5.92 Å². The van der Waals surface area contributed by atoms with E-state index in [9.17, 15) is 9.50 Å². The highest BCUT2D eigenvalue weighted by Crippen LogP contribution is 2.25. The SMILES string of the molecule is CC(C)COc1nc(-c2cccc(F)c2)n(-c2ccc(NCC(O)COC(C)(C)C)cc2)n1. The fourth-order valence-corrected chi connectivity index (χ4v) is 2.95. The Bertz CT molecular complexity index is 1030. The first kappa shape index (κ1) is 24.7. The van der Waals surface area contributed by atoms with E-state index in [-0.39, 0.29) is 24.0 Å². The second kappa shape index (κ2) is 10.8. The van der Waals surface area contributed by atoms with Crippen LogP contribution in [-0.2, 0) is 4.74 Å². The first-order valence-corrected chi connectivity index (χ1v) is 11.1. The van der Waals surface area contributed by atoms with Gasteiger partial charge in [-0.05, 0) is 63.1 Å². The summed E-state index contributed by atoms with van der Waals surface area (Å²) in [6, 6.07) is 14.0. The van der Waals surface area contributed by atoms with Crippen molar-refractivity contribution in [3.63, 3.8) is 0 Å². The largest absolute Gasteiger partial charge is 0.462 e. The predicted molar refractivity (Wildman–Crippen MR) is 127 cm³/mol. The number of nitrogens with zero attached hydrogens (tertiary/aromatic N) is 3. The number of rotatable bonds is 10. The normalized spacial score (nSPS) is 12.7. The van der Waals surface area contributed by atoms with Crippen molar-refractivity contribution in [1.82, 2.24) is 14.8 Å². The van der Waals surface area contributed by atoms with Gasteiger partial charge in [0.2, 0.25) is 0 Å². The molecule has 0 bridgehead atoms. The lowest BCUT2D eigenvalue weighted by Crippen LogP contribution is -2.30. The molecule has 0 amide bonds. The molecule has 3 rings (SSSR count). The van der Waals surface area contributed by atoms with Crippen molar-refractivity contribution in [1.29, 1.82) is 0 Å². The highest BCUT2D eigenvalue weighted by Gasteiger charge is 2.16. The summed E-state index contributed by atoms with van der Waals surface area (Å²) < 4.78 is 26.8. The molecule has 178 valence electrons. The Morgan fingerprint density at radius 3 is 2.45 bits per heavy atom. The molecule has 1 unspecified atom stereocenters. The van der Waals surface area contributed by atoms with E-state index in [1.807, 2.05) is 58.9 Å². The summed E-state index contributed by atoms with van der Waals surface area (Å²) in [5.74, 6) is 0.466. The molecule has 0 radical (unpaired) electrons. The molecule has 0 saturated heterocycles. The molecule has 1 heterocycles. The fraction of sp³-hybridized carbons (Fsp3) is 0.440. The maximum atomic E-state index is 13.8. The number of benzene rings is 2. The molecular weight excluding hydrogens is 423 g/mol. The van der Waals surface area contributed by atoms with Crippen LogP contribution in [0.2, 0.25) is 0 Å². The third-order valence-corrected chi connectivity index (χ3v) is 4.58. The summed E-state index contributed by atoms with van der Waals surface area (Å²) in [5.41, 5.74) is 1.91. The van der Waals surface area contributed by atoms with E-state index in [1.54, 1.807) is 16.8 Å². The van der Waals surface area contributed by atoms with Gasteiger partial charge in [0.25, 0.3) is 0 Å². The zero-order valence-corrected chi connectivity index (χ0v) is 19.9. The van der Waals surface area contributed by atoms with Gasteiger partial charge in [-0.3, -0.25) is 0 Å². The van der Waals surface area contributed by atoms with E-state index in [4.69, 9.17) is 9.47 Å². The Hall–Kier alpha value is -2.97. The number of aliphatic hydroxyl groups excluding tert-OH is 1. The quantitative estimate of drug-likeness (QED) is 0.460. The first-order valence-electron chi connectivity index (χ1n) is 11.1. The van der Waals surface area contributed by atoms with Crippen LogP contribution in [0.5, 0.6) is 6.01 Å². The van der Waals surface area contributed by atoms with E-state index in [2.05, 4.69) is 15.4 Å². The highest BCUT2D eigenvalue weighted by molar-refractivity contribution is 5.59. The monoisotopic (exact) mass is 456 g/mol. The molecule has 8 heteroatoms. The summed E-state index contributed by atoms with van der Waals surface area (Å²) in [4.78, 5) is 4.49. The Kier molecular flexibility index (Phi) is 8.05. The molecule has 0 aliphatic heterocycles. The van der Waals surface area contributed by atoms with Crippen LogP contribution in [0.3, 0.4) is 0 Å². The van der Waals surface area contributed by atoms with Crippen molar-refractivity contribution in [3.05, 3.63) is 54.3 Å². The lowest BCUT2D eigenvalue weighted by molar-refractivity contribution is -0.0449. The van der Waals surface area contributed by atoms with Crippen molar-refractivity contribution < 1.29 is 19.0 Å². The summed E-state index contributed by atoms with van der Waals surface area (Å²) in [6.07, 6.45) is -0.625. The summed E-state index contributed by atoms with van der Waals surface area (Å²) in [7, 11) is 0. The van der Waals surface area contributed by atoms with Gasteiger partial charge in [0.15, 0.2) is 5.82 Å². The molecule has 3 aromatic rings. The number of aromatic nitrogens is 3. The molecule has 1 aromatic heterocycles. The van der Waals surface area contributed by atoms with Gasteiger partial charge in [0.1, 0.15) is 5.82 Å². The van der Waals surface area contributed by atoms with E-state index < -0.39 is 6.10 Å². The van der Waals surface area contributed by atoms with Gasteiger partial charge in [-0.2, -0.15) is 4.98 Å². The molecule has 2 N–H and O–H groups in total. The maximum absolute atomic E-state index is 13.8. The fourth-order valence-electron chi connectivity index (χ4n) is 2.95. The molecule has 0 spiro atoms. The third kappa shape index (κ3) is 7.54. The van der Waals surface area contributed by atoms with Crippen molar-refractivity contribution in [3.8, 4) is 23.1 Å². The molecule has 7 nitrogen and oxygen atoms in total. The number of hydrogen-bond acceptors (Lipinski definition) is 6. The van der Waals surface area contributed by atoms with Crippen LogP contribution in [0.15, 0.2) is 48.5 Å². The molecule has 0 aliphatic rings. The topological polar surface area (TPSA) is 81.4 Å². The number of hydrogen-bond donors (Lipinski definition) is 2. The Morgan fingerprint density at radius 2 is 1.82 bits per heavy atom. The van der Waals surface area contributed by atoms with Crippen LogP contribution < -0.4 is 10.1 Å². The average molecular weight is 457 g/mol. The highest BCUT2D eigenvalue weighted by atomic mass is 19.1. The van der Waals surface area contributed by atoms with E-state index in [1.165, 1.54) is 12.1 Å². The van der Waals surface area contributed by atoms with Crippen molar-refractivity contribution >= 4 is 5.69 Å². The molecule has 0 fully saturated rings. The molecule has 0 aliphatic carbocycles. The van der Waals surface area contributed by atoms with Crippen LogP contribution in [0.25, 0.3) is 17.1 Å². The lowest BCUT2D eigenvalue weighted by Gasteiger charge is -2.22. The van der Waals surface area contributed by atoms with Crippen molar-refractivity contribution in [2.45, 2.75) is 46.3 Å². The Morgan fingerprint density at radius 1 is 1.09 bits per heavy atom. The number of halogens is 1. The van der Waals surface area contributed by atoms with Gasteiger partial charge in [-0.25, -0.2) is 9.07 Å². The maximum Gasteiger partial charge on any atom is 0.336 e. The minimum Gasteiger partial charge on any atom is -0.462 e. The summed E-state index contributed by atoms with van der Waals surface area (Å²) in [5, 5.41) is 17.8. The Balaban J connectivity index is 1.76. The number of ether oxygens (including phenoxy) is 2. The van der Waals surface area contributed by atoms with E-state index >= 15 is 0 Å². The summed E-state index contributed by atoms with van der Waals surface area (Å²) in [6.45, 7) is 11.0. The molecular formula is C25H33FN4O3. The molecule has 1 atom stereocenters. The van der Waals surface area contributed by atoms with Crippen molar-refractivity contribution in [2.75, 3.05) is 25.1 Å². The van der Waals surface area contributed by atoms with Gasteiger partial charge < -0.3 is 19.9 Å². The van der Waals surface area contributed by atoms with E-state index in [0.717, 1.165) is 11.4 Å². The van der Waals surface area contributed by atoms with Gasteiger partial charge in [0.05, 0.1) is 30.6 Å². The number of nitrogens with one attached hydrogen (secondary N) is 1. The van der Waals surface area contributed by atoms with Crippen LogP contribution in [-0.4, -0.2) is 51.3 Å². The minimum absolute atomic E-state index is 0.243. The van der Waals surface area contributed by atoms with Gasteiger partial charge in [0, 0.05) is 17.8 Å². The first-order chi connectivity index (χ1) is 15.6. The zero-order valence-electron chi connectivity index (χ0n) is 19.9. The summed E-state index contributed by atoms with van der Waals surface area (Å²) >= 11 is 0. The Labute approximate surface area is 194 Å². The molecule has 2 aromatic carbocycles. The zero-order chi connectivity index (χ0) is 24.0. The van der Waals surface area contributed by atoms with E-state index in [0.29, 0.717) is 30.5 Å². The third-order valence-electron chi connectivity index (χ3n) is 4.58. The predicted octanol–water partition coefficient (Wildman–Crippen LogP) is 4.70. The average Bonchev–Trinajstić information content (AvgIpc) is 3.19. The second-order valence-electron chi connectivity index (χ2n) is 9.35. The van der Waals surface area contributed by atoms with Gasteiger partial charge in [-0.1, -0.05) is 26.0 Å². The van der Waals surface area contributed by atoms with Crippen LogP contribution in [0.1, 0.15) is 34.6 Å². The smallest absolute Gasteiger partial charge is 0.336 e.